The van der Waals surface area contributed by atoms with Crippen molar-refractivity contribution in [1.82, 2.24) is 16.0 Å². The molecule has 0 spiro atoms. The van der Waals surface area contributed by atoms with Crippen LogP contribution in [0.2, 0.25) is 0 Å². The number of aliphatic hydroxyl groups excluding tert-OH is 1. The lowest BCUT2D eigenvalue weighted by molar-refractivity contribution is -0.144. The second kappa shape index (κ2) is 13.0. The van der Waals surface area contributed by atoms with Gasteiger partial charge in [0.15, 0.2) is 0 Å². The first kappa shape index (κ1) is 26.6. The van der Waals surface area contributed by atoms with Crippen LogP contribution in [0.15, 0.2) is 0 Å². The van der Waals surface area contributed by atoms with Gasteiger partial charge >= 0.3 is 11.9 Å². The van der Waals surface area contributed by atoms with Gasteiger partial charge in [-0.1, -0.05) is 20.3 Å². The van der Waals surface area contributed by atoms with E-state index in [1.165, 1.54) is 0 Å². The van der Waals surface area contributed by atoms with Gasteiger partial charge in [0, 0.05) is 5.75 Å². The molecule has 0 aliphatic rings. The first-order valence-electron chi connectivity index (χ1n) is 8.81. The van der Waals surface area contributed by atoms with Crippen LogP contribution in [0.5, 0.6) is 0 Å². The van der Waals surface area contributed by atoms with Crippen LogP contribution in [0.4, 0.5) is 0 Å². The van der Waals surface area contributed by atoms with Crippen LogP contribution in [0.25, 0.3) is 0 Å². The van der Waals surface area contributed by atoms with E-state index in [2.05, 4.69) is 28.6 Å². The third-order valence-corrected chi connectivity index (χ3v) is 4.50. The molecule has 12 nitrogen and oxygen atoms in total. The number of carbonyl (C=O) groups is 5. The Hall–Kier alpha value is -2.38. The van der Waals surface area contributed by atoms with Gasteiger partial charge in [-0.25, -0.2) is 4.79 Å². The van der Waals surface area contributed by atoms with Crippen LogP contribution < -0.4 is 21.7 Å². The summed E-state index contributed by atoms with van der Waals surface area (Å²) in [5.41, 5.74) is 5.41. The zero-order valence-electron chi connectivity index (χ0n) is 16.1. The molecule has 0 aromatic carbocycles. The van der Waals surface area contributed by atoms with Crippen LogP contribution >= 0.6 is 12.6 Å². The summed E-state index contributed by atoms with van der Waals surface area (Å²) >= 11 is 3.92. The van der Waals surface area contributed by atoms with Crippen molar-refractivity contribution in [1.29, 1.82) is 0 Å². The lowest BCUT2D eigenvalue weighted by Crippen LogP contribution is -2.59. The fourth-order valence-electron chi connectivity index (χ4n) is 2.16. The summed E-state index contributed by atoms with van der Waals surface area (Å²) in [4.78, 5) is 58.3. The molecular formula is C16H28N4O8S. The molecule has 13 heteroatoms. The third-order valence-electron chi connectivity index (χ3n) is 4.14. The molecule has 0 radical (unpaired) electrons. The Labute approximate surface area is 173 Å². The monoisotopic (exact) mass is 436 g/mol. The maximum absolute atomic E-state index is 12.3. The number of aliphatic hydroxyl groups is 1. The van der Waals surface area contributed by atoms with Crippen LogP contribution in [0.3, 0.4) is 0 Å². The molecule has 166 valence electrons. The summed E-state index contributed by atoms with van der Waals surface area (Å²) in [5.74, 6) is -5.88. The van der Waals surface area contributed by atoms with Crippen LogP contribution in [-0.4, -0.2) is 81.5 Å². The van der Waals surface area contributed by atoms with Crippen molar-refractivity contribution in [2.75, 3.05) is 12.4 Å². The van der Waals surface area contributed by atoms with E-state index >= 15 is 0 Å². The molecular weight excluding hydrogens is 408 g/mol. The normalized spacial score (nSPS) is 15.9. The fourth-order valence-corrected chi connectivity index (χ4v) is 2.41. The Morgan fingerprint density at radius 2 is 1.48 bits per heavy atom. The number of nitrogens with one attached hydrogen (secondary N) is 3. The van der Waals surface area contributed by atoms with Gasteiger partial charge in [0.05, 0.1) is 19.1 Å². The summed E-state index contributed by atoms with van der Waals surface area (Å²) in [5, 5.41) is 33.9. The number of hydrogen-bond acceptors (Lipinski definition) is 8. The summed E-state index contributed by atoms with van der Waals surface area (Å²) < 4.78 is 0. The van der Waals surface area contributed by atoms with Gasteiger partial charge in [-0.2, -0.15) is 12.6 Å². The van der Waals surface area contributed by atoms with Gasteiger partial charge in [0.25, 0.3) is 0 Å². The van der Waals surface area contributed by atoms with E-state index in [9.17, 15) is 34.2 Å². The lowest BCUT2D eigenvalue weighted by atomic mass is 9.99. The molecule has 5 atom stereocenters. The predicted molar refractivity (Wildman–Crippen MR) is 104 cm³/mol. The Morgan fingerprint density at radius 1 is 0.966 bits per heavy atom. The average molecular weight is 436 g/mol. The van der Waals surface area contributed by atoms with E-state index in [-0.39, 0.29) is 5.75 Å². The second-order valence-corrected chi connectivity index (χ2v) is 6.77. The van der Waals surface area contributed by atoms with Gasteiger partial charge in [0.2, 0.25) is 17.7 Å². The highest BCUT2D eigenvalue weighted by molar-refractivity contribution is 7.80. The molecule has 0 rings (SSSR count). The van der Waals surface area contributed by atoms with Crippen molar-refractivity contribution in [3.8, 4) is 0 Å². The number of amides is 3. The third kappa shape index (κ3) is 9.11. The second-order valence-electron chi connectivity index (χ2n) is 6.40. The van der Waals surface area contributed by atoms with Crippen molar-refractivity contribution in [2.24, 2.45) is 11.7 Å². The number of aliphatic carboxylic acids is 2. The Bertz CT molecular complexity index is 618. The van der Waals surface area contributed by atoms with Crippen LogP contribution in [-0.2, 0) is 24.0 Å². The van der Waals surface area contributed by atoms with Gasteiger partial charge in [-0.15, -0.1) is 0 Å². The lowest BCUT2D eigenvalue weighted by Gasteiger charge is -2.25. The maximum Gasteiger partial charge on any atom is 0.326 e. The highest BCUT2D eigenvalue weighted by atomic mass is 32.1. The van der Waals surface area contributed by atoms with Crippen LogP contribution in [0.1, 0.15) is 26.7 Å². The summed E-state index contributed by atoms with van der Waals surface area (Å²) in [6.45, 7) is 2.54. The predicted octanol–water partition coefficient (Wildman–Crippen LogP) is -2.70. The molecule has 0 saturated heterocycles. The summed E-state index contributed by atoms with van der Waals surface area (Å²) in [6.07, 6.45) is -0.182. The number of carbonyl (C=O) groups excluding carboxylic acids is 3. The van der Waals surface area contributed by atoms with E-state index in [0.29, 0.717) is 6.42 Å². The molecule has 0 aromatic rings. The molecule has 8 N–H and O–H groups in total. The van der Waals surface area contributed by atoms with E-state index in [1.54, 1.807) is 13.8 Å². The van der Waals surface area contributed by atoms with Gasteiger partial charge in [-0.05, 0) is 5.92 Å². The van der Waals surface area contributed by atoms with Crippen LogP contribution in [0, 0.1) is 5.92 Å². The zero-order chi connectivity index (χ0) is 22.7. The summed E-state index contributed by atoms with van der Waals surface area (Å²) in [6, 6.07) is -5.35. The minimum absolute atomic E-state index is 0.207. The minimum Gasteiger partial charge on any atom is -0.481 e. The number of carboxylic acids is 2. The Morgan fingerprint density at radius 3 is 1.90 bits per heavy atom. The first-order valence-corrected chi connectivity index (χ1v) is 9.44. The highest BCUT2D eigenvalue weighted by Crippen LogP contribution is 2.08. The molecule has 5 unspecified atom stereocenters. The molecule has 0 aliphatic heterocycles. The highest BCUT2D eigenvalue weighted by Gasteiger charge is 2.31. The number of thiol groups is 1. The average Bonchev–Trinajstić information content (AvgIpc) is 2.66. The number of carboxylic acid groups (broad SMARTS) is 2. The van der Waals surface area contributed by atoms with Crippen molar-refractivity contribution in [3.05, 3.63) is 0 Å². The van der Waals surface area contributed by atoms with E-state index < -0.39 is 72.8 Å². The maximum atomic E-state index is 12.3. The molecule has 0 fully saturated rings. The SMILES string of the molecule is CCC(C)C(NC(=O)C(CO)NC(=O)C(CS)NC(=O)C(N)CC(=O)O)C(=O)O. The quantitative estimate of drug-likeness (QED) is 0.141. The van der Waals surface area contributed by atoms with Crippen molar-refractivity contribution in [2.45, 2.75) is 50.9 Å². The molecule has 0 aliphatic carbocycles. The number of rotatable bonds is 13. The first-order chi connectivity index (χ1) is 13.5. The van der Waals surface area contributed by atoms with E-state index in [0.717, 1.165) is 0 Å². The minimum atomic E-state index is -1.47. The van der Waals surface area contributed by atoms with Crippen molar-refractivity contribution >= 4 is 42.3 Å². The molecule has 0 aromatic heterocycles. The van der Waals surface area contributed by atoms with Gasteiger partial charge < -0.3 is 37.0 Å². The summed E-state index contributed by atoms with van der Waals surface area (Å²) in [7, 11) is 0. The zero-order valence-corrected chi connectivity index (χ0v) is 17.0. The molecule has 0 heterocycles. The topological polar surface area (TPSA) is 208 Å². The van der Waals surface area contributed by atoms with Crippen molar-refractivity contribution < 1.29 is 39.3 Å². The molecule has 3 amide bonds. The standard InChI is InChI=1S/C16H28N4O8S/c1-3-7(2)12(16(27)28)20-14(25)9(5-21)18-15(26)10(6-29)19-13(24)8(17)4-11(22)23/h7-10,12,21,29H,3-6,17H2,1-2H3,(H,18,26)(H,19,24)(H,20,25)(H,22,23)(H,27,28). The molecule has 0 saturated carbocycles. The fraction of sp³-hybridized carbons (Fsp3) is 0.688. The van der Waals surface area contributed by atoms with Crippen molar-refractivity contribution in [3.63, 3.8) is 0 Å². The molecule has 29 heavy (non-hydrogen) atoms. The Kier molecular flexibility index (Phi) is 11.9. The van der Waals surface area contributed by atoms with Gasteiger partial charge in [-0.3, -0.25) is 19.2 Å². The van der Waals surface area contributed by atoms with E-state index in [4.69, 9.17) is 10.8 Å². The largest absolute Gasteiger partial charge is 0.481 e. The number of hydrogen-bond donors (Lipinski definition) is 8. The Balaban J connectivity index is 5.04. The smallest absolute Gasteiger partial charge is 0.326 e. The van der Waals surface area contributed by atoms with E-state index in [1.807, 2.05) is 0 Å². The van der Waals surface area contributed by atoms with Gasteiger partial charge in [0.1, 0.15) is 18.1 Å². The molecule has 0 bridgehead atoms. The number of nitrogens with two attached hydrogens (primary N) is 1.